The molecule has 1 heterocycles. The lowest BCUT2D eigenvalue weighted by Gasteiger charge is -2.36. The van der Waals surface area contributed by atoms with E-state index in [0.717, 1.165) is 6.07 Å². The van der Waals surface area contributed by atoms with Crippen molar-refractivity contribution in [2.75, 3.05) is 17.7 Å². The molecule has 6 heteroatoms. The zero-order valence-corrected chi connectivity index (χ0v) is 11.6. The summed E-state index contributed by atoms with van der Waals surface area (Å²) >= 11 is 0. The minimum absolute atomic E-state index is 0.0384. The lowest BCUT2D eigenvalue weighted by Crippen LogP contribution is -2.40. The number of anilines is 2. The first kappa shape index (κ1) is 15.0. The van der Waals surface area contributed by atoms with Crippen LogP contribution in [-0.2, 0) is 10.9 Å². The summed E-state index contributed by atoms with van der Waals surface area (Å²) in [5.41, 5.74) is 4.60. The Balaban J connectivity index is 2.21. The molecule has 1 fully saturated rings. The van der Waals surface area contributed by atoms with E-state index in [0.29, 0.717) is 19.4 Å². The van der Waals surface area contributed by atoms with Crippen molar-refractivity contribution in [2.24, 2.45) is 0 Å². The van der Waals surface area contributed by atoms with Gasteiger partial charge in [0, 0.05) is 24.0 Å². The number of rotatable bonds is 2. The third-order valence-corrected chi connectivity index (χ3v) is 3.41. The molecule has 1 unspecified atom stereocenters. The van der Waals surface area contributed by atoms with Crippen LogP contribution in [0.25, 0.3) is 0 Å². The first-order valence-electron chi connectivity index (χ1n) is 6.55. The molecule has 3 N–H and O–H groups in total. The molecule has 1 saturated heterocycles. The molecule has 0 spiro atoms. The Labute approximate surface area is 116 Å². The Hall–Kier alpha value is -1.43. The SMILES string of the molecule is CC1(C)CC(Nc2ccc(N)cc2C(F)(F)F)CCO1. The number of benzene rings is 1. The summed E-state index contributed by atoms with van der Waals surface area (Å²) in [6.07, 6.45) is -3.07. The number of alkyl halides is 3. The highest BCUT2D eigenvalue weighted by Crippen LogP contribution is 2.37. The van der Waals surface area contributed by atoms with Crippen LogP contribution in [0.2, 0.25) is 0 Å². The number of nitrogens with one attached hydrogen (secondary N) is 1. The highest BCUT2D eigenvalue weighted by Gasteiger charge is 2.35. The van der Waals surface area contributed by atoms with Gasteiger partial charge in [0.1, 0.15) is 0 Å². The fourth-order valence-corrected chi connectivity index (χ4v) is 2.50. The van der Waals surface area contributed by atoms with Crippen molar-refractivity contribution in [2.45, 2.75) is 44.5 Å². The molecule has 0 bridgehead atoms. The van der Waals surface area contributed by atoms with E-state index < -0.39 is 11.7 Å². The van der Waals surface area contributed by atoms with E-state index in [1.54, 1.807) is 0 Å². The van der Waals surface area contributed by atoms with E-state index in [9.17, 15) is 13.2 Å². The van der Waals surface area contributed by atoms with Crippen molar-refractivity contribution in [3.8, 4) is 0 Å². The van der Waals surface area contributed by atoms with Gasteiger partial charge < -0.3 is 15.8 Å². The molecule has 2 rings (SSSR count). The lowest BCUT2D eigenvalue weighted by molar-refractivity contribution is -0.136. The van der Waals surface area contributed by atoms with E-state index in [2.05, 4.69) is 5.32 Å². The molecule has 0 aliphatic carbocycles. The second kappa shape index (κ2) is 5.16. The van der Waals surface area contributed by atoms with Crippen LogP contribution in [0.15, 0.2) is 18.2 Å². The van der Waals surface area contributed by atoms with E-state index >= 15 is 0 Å². The third kappa shape index (κ3) is 3.56. The maximum atomic E-state index is 13.0. The zero-order chi connectivity index (χ0) is 15.0. The van der Waals surface area contributed by atoms with Crippen LogP contribution in [0, 0.1) is 0 Å². The van der Waals surface area contributed by atoms with Gasteiger partial charge in [0.2, 0.25) is 0 Å². The van der Waals surface area contributed by atoms with Gasteiger partial charge in [-0.3, -0.25) is 0 Å². The van der Waals surface area contributed by atoms with Gasteiger partial charge in [-0.25, -0.2) is 0 Å². The minimum atomic E-state index is -4.42. The van der Waals surface area contributed by atoms with Gasteiger partial charge in [-0.15, -0.1) is 0 Å². The van der Waals surface area contributed by atoms with Crippen LogP contribution in [0.4, 0.5) is 24.5 Å². The normalized spacial score (nSPS) is 22.6. The number of nitrogen functional groups attached to an aromatic ring is 1. The lowest BCUT2D eigenvalue weighted by atomic mass is 9.93. The highest BCUT2D eigenvalue weighted by atomic mass is 19.4. The molecule has 0 aromatic heterocycles. The van der Waals surface area contributed by atoms with Gasteiger partial charge in [-0.05, 0) is 44.9 Å². The second-order valence-corrected chi connectivity index (χ2v) is 5.74. The number of nitrogens with two attached hydrogens (primary N) is 1. The standard InChI is InChI=1S/C14H19F3N2O/c1-13(2)8-10(5-6-20-13)19-12-4-3-9(18)7-11(12)14(15,16)17/h3-4,7,10,19H,5-6,8,18H2,1-2H3. The molecule has 20 heavy (non-hydrogen) atoms. The Bertz CT molecular complexity index is 486. The molecule has 0 amide bonds. The largest absolute Gasteiger partial charge is 0.418 e. The average molecular weight is 288 g/mol. The summed E-state index contributed by atoms with van der Waals surface area (Å²) in [4.78, 5) is 0. The Kier molecular flexibility index (Phi) is 3.86. The van der Waals surface area contributed by atoms with Crippen LogP contribution < -0.4 is 11.1 Å². The smallest absolute Gasteiger partial charge is 0.399 e. The summed E-state index contributed by atoms with van der Waals surface area (Å²) in [5, 5.41) is 2.98. The molecular weight excluding hydrogens is 269 g/mol. The molecule has 3 nitrogen and oxygen atoms in total. The van der Waals surface area contributed by atoms with Crippen molar-refractivity contribution < 1.29 is 17.9 Å². The highest BCUT2D eigenvalue weighted by molar-refractivity contribution is 5.59. The number of ether oxygens (including phenoxy) is 1. The van der Waals surface area contributed by atoms with Gasteiger partial charge in [-0.1, -0.05) is 0 Å². The monoisotopic (exact) mass is 288 g/mol. The predicted octanol–water partition coefficient (Wildman–Crippen LogP) is 3.66. The second-order valence-electron chi connectivity index (χ2n) is 5.74. The van der Waals surface area contributed by atoms with Crippen LogP contribution >= 0.6 is 0 Å². The fourth-order valence-electron chi connectivity index (χ4n) is 2.50. The van der Waals surface area contributed by atoms with Gasteiger partial charge in [0.25, 0.3) is 0 Å². The van der Waals surface area contributed by atoms with Crippen molar-refractivity contribution in [3.63, 3.8) is 0 Å². The molecule has 1 aromatic carbocycles. The van der Waals surface area contributed by atoms with Gasteiger partial charge in [0.05, 0.1) is 11.2 Å². The van der Waals surface area contributed by atoms with Crippen molar-refractivity contribution in [1.29, 1.82) is 0 Å². The summed E-state index contributed by atoms with van der Waals surface area (Å²) in [6, 6.07) is 3.79. The molecule has 1 aliphatic heterocycles. The summed E-state index contributed by atoms with van der Waals surface area (Å²) in [7, 11) is 0. The third-order valence-electron chi connectivity index (χ3n) is 3.41. The Morgan fingerprint density at radius 2 is 2.05 bits per heavy atom. The van der Waals surface area contributed by atoms with E-state index in [1.165, 1.54) is 12.1 Å². The summed E-state index contributed by atoms with van der Waals surface area (Å²) < 4.78 is 44.6. The fraction of sp³-hybridized carbons (Fsp3) is 0.571. The molecular formula is C14H19F3N2O. The summed E-state index contributed by atoms with van der Waals surface area (Å²) in [6.45, 7) is 4.42. The van der Waals surface area contributed by atoms with Crippen LogP contribution in [-0.4, -0.2) is 18.2 Å². The Morgan fingerprint density at radius 3 is 2.65 bits per heavy atom. The minimum Gasteiger partial charge on any atom is -0.399 e. The van der Waals surface area contributed by atoms with Gasteiger partial charge in [0.15, 0.2) is 0 Å². The van der Waals surface area contributed by atoms with Crippen LogP contribution in [0.5, 0.6) is 0 Å². The molecule has 0 radical (unpaired) electrons. The molecule has 112 valence electrons. The summed E-state index contributed by atoms with van der Waals surface area (Å²) in [5.74, 6) is 0. The van der Waals surface area contributed by atoms with E-state index in [1.807, 2.05) is 13.8 Å². The average Bonchev–Trinajstić information content (AvgIpc) is 2.29. The molecule has 1 atom stereocenters. The van der Waals surface area contributed by atoms with Crippen molar-refractivity contribution >= 4 is 11.4 Å². The maximum absolute atomic E-state index is 13.0. The topological polar surface area (TPSA) is 47.3 Å². The maximum Gasteiger partial charge on any atom is 0.418 e. The molecule has 0 saturated carbocycles. The van der Waals surface area contributed by atoms with Gasteiger partial charge in [-0.2, -0.15) is 13.2 Å². The predicted molar refractivity (Wildman–Crippen MR) is 72.5 cm³/mol. The van der Waals surface area contributed by atoms with Gasteiger partial charge >= 0.3 is 6.18 Å². The van der Waals surface area contributed by atoms with E-state index in [4.69, 9.17) is 10.5 Å². The van der Waals surface area contributed by atoms with Crippen molar-refractivity contribution in [3.05, 3.63) is 23.8 Å². The number of hydrogen-bond donors (Lipinski definition) is 2. The van der Waals surface area contributed by atoms with Crippen LogP contribution in [0.3, 0.4) is 0 Å². The zero-order valence-electron chi connectivity index (χ0n) is 11.6. The number of hydrogen-bond acceptors (Lipinski definition) is 3. The number of halogens is 3. The molecule has 1 aliphatic rings. The van der Waals surface area contributed by atoms with Crippen LogP contribution in [0.1, 0.15) is 32.3 Å². The first-order valence-corrected chi connectivity index (χ1v) is 6.55. The Morgan fingerprint density at radius 1 is 1.35 bits per heavy atom. The quantitative estimate of drug-likeness (QED) is 0.816. The van der Waals surface area contributed by atoms with E-state index in [-0.39, 0.29) is 23.0 Å². The molecule has 1 aromatic rings. The first-order chi connectivity index (χ1) is 9.17. The van der Waals surface area contributed by atoms with Crippen molar-refractivity contribution in [1.82, 2.24) is 0 Å².